The maximum atomic E-state index is 12.2. The van der Waals surface area contributed by atoms with E-state index in [-0.39, 0.29) is 12.5 Å². The number of nitrogens with one attached hydrogen (secondary N) is 1. The third kappa shape index (κ3) is 4.00. The van der Waals surface area contributed by atoms with Gasteiger partial charge in [0.1, 0.15) is 11.4 Å². The summed E-state index contributed by atoms with van der Waals surface area (Å²) in [7, 11) is 3.65. The molecule has 1 saturated heterocycles. The zero-order chi connectivity index (χ0) is 17.9. The Labute approximate surface area is 145 Å². The number of amides is 1. The molecule has 1 fully saturated rings. The van der Waals surface area contributed by atoms with E-state index in [2.05, 4.69) is 25.3 Å². The number of carbonyl (C=O) groups excluding carboxylic acids is 1. The van der Waals surface area contributed by atoms with Crippen molar-refractivity contribution in [3.05, 3.63) is 36.5 Å². The van der Waals surface area contributed by atoms with Crippen LogP contribution in [0.4, 0.5) is 11.8 Å². The van der Waals surface area contributed by atoms with Gasteiger partial charge in [0.15, 0.2) is 0 Å². The highest BCUT2D eigenvalue weighted by Crippen LogP contribution is 2.24. The Morgan fingerprint density at radius 3 is 2.68 bits per heavy atom. The molecule has 0 spiro atoms. The van der Waals surface area contributed by atoms with Crippen LogP contribution in [0.1, 0.15) is 16.8 Å². The van der Waals surface area contributed by atoms with Gasteiger partial charge in [-0.25, -0.2) is 15.0 Å². The molecule has 2 N–H and O–H groups in total. The smallest absolute Gasteiger partial charge is 0.254 e. The van der Waals surface area contributed by atoms with Crippen LogP contribution in [-0.4, -0.2) is 70.3 Å². The molecule has 1 atom stereocenters. The van der Waals surface area contributed by atoms with E-state index in [0.29, 0.717) is 31.0 Å². The van der Waals surface area contributed by atoms with Crippen molar-refractivity contribution in [3.8, 4) is 0 Å². The van der Waals surface area contributed by atoms with Gasteiger partial charge in [0.2, 0.25) is 5.95 Å². The molecule has 9 heteroatoms. The zero-order valence-electron chi connectivity index (χ0n) is 14.3. The van der Waals surface area contributed by atoms with E-state index < -0.39 is 5.60 Å². The number of nitrogens with zero attached hydrogens (tertiary/aromatic N) is 6. The number of aromatic nitrogens is 4. The summed E-state index contributed by atoms with van der Waals surface area (Å²) in [5.74, 6) is 0.944. The van der Waals surface area contributed by atoms with Crippen molar-refractivity contribution in [1.29, 1.82) is 0 Å². The highest BCUT2D eigenvalue weighted by molar-refractivity contribution is 5.93. The first-order chi connectivity index (χ1) is 12.0. The molecule has 2 aromatic rings. The fraction of sp³-hybridized carbons (Fsp3) is 0.438. The van der Waals surface area contributed by atoms with Gasteiger partial charge in [-0.05, 0) is 6.42 Å². The summed E-state index contributed by atoms with van der Waals surface area (Å²) in [6.45, 7) is 1.20. The first kappa shape index (κ1) is 17.0. The molecule has 1 aliphatic rings. The van der Waals surface area contributed by atoms with E-state index in [1.165, 1.54) is 12.4 Å². The summed E-state index contributed by atoms with van der Waals surface area (Å²) in [6.07, 6.45) is 8.37. The van der Waals surface area contributed by atoms with Crippen LogP contribution in [0.15, 0.2) is 31.0 Å². The van der Waals surface area contributed by atoms with E-state index in [1.807, 2.05) is 19.0 Å². The van der Waals surface area contributed by atoms with Crippen molar-refractivity contribution >= 4 is 17.7 Å². The number of rotatable bonds is 5. The average Bonchev–Trinajstić information content (AvgIpc) is 3.03. The number of hydrogen-bond donors (Lipinski definition) is 2. The second kappa shape index (κ2) is 6.98. The molecule has 0 saturated carbocycles. The standard InChI is InChI=1S/C16H21N7O2/c1-22(2)15-19-7-12(8-20-15)14(24)21-10-16(25)3-6-23(11-16)13-9-17-4-5-18-13/h4-5,7-9,25H,3,6,10-11H2,1-2H3,(H,21,24). The zero-order valence-corrected chi connectivity index (χ0v) is 14.3. The Kier molecular flexibility index (Phi) is 4.75. The second-order valence-corrected chi connectivity index (χ2v) is 6.31. The lowest BCUT2D eigenvalue weighted by Gasteiger charge is -2.24. The Hall–Kier alpha value is -2.81. The number of β-amino-alcohol motifs (C(OH)–C–C–N with tert-alkyl or cyclic N) is 1. The van der Waals surface area contributed by atoms with E-state index >= 15 is 0 Å². The highest BCUT2D eigenvalue weighted by atomic mass is 16.3. The van der Waals surface area contributed by atoms with Crippen LogP contribution in [0.25, 0.3) is 0 Å². The molecule has 9 nitrogen and oxygen atoms in total. The van der Waals surface area contributed by atoms with E-state index in [9.17, 15) is 9.90 Å². The van der Waals surface area contributed by atoms with Crippen LogP contribution >= 0.6 is 0 Å². The minimum absolute atomic E-state index is 0.151. The minimum Gasteiger partial charge on any atom is -0.386 e. The van der Waals surface area contributed by atoms with Gasteiger partial charge < -0.3 is 20.2 Å². The number of carbonyl (C=O) groups is 1. The molecule has 1 amide bonds. The maximum Gasteiger partial charge on any atom is 0.254 e. The third-order valence-corrected chi connectivity index (χ3v) is 4.08. The Balaban J connectivity index is 1.56. The van der Waals surface area contributed by atoms with Gasteiger partial charge in [-0.1, -0.05) is 0 Å². The molecular weight excluding hydrogens is 322 g/mol. The number of hydrogen-bond acceptors (Lipinski definition) is 8. The van der Waals surface area contributed by atoms with E-state index in [0.717, 1.165) is 5.82 Å². The van der Waals surface area contributed by atoms with Gasteiger partial charge in [0.05, 0.1) is 11.8 Å². The second-order valence-electron chi connectivity index (χ2n) is 6.31. The SMILES string of the molecule is CN(C)c1ncc(C(=O)NCC2(O)CCN(c3cnccn3)C2)cn1. The van der Waals surface area contributed by atoms with Crippen molar-refractivity contribution < 1.29 is 9.90 Å². The number of aliphatic hydroxyl groups is 1. The van der Waals surface area contributed by atoms with Gasteiger partial charge in [-0.3, -0.25) is 9.78 Å². The Bertz CT molecular complexity index is 723. The summed E-state index contributed by atoms with van der Waals surface area (Å²) in [6, 6.07) is 0. The largest absolute Gasteiger partial charge is 0.386 e. The molecule has 1 unspecified atom stereocenters. The van der Waals surface area contributed by atoms with Crippen LogP contribution < -0.4 is 15.1 Å². The minimum atomic E-state index is -1.00. The molecule has 3 rings (SSSR count). The van der Waals surface area contributed by atoms with Gasteiger partial charge in [-0.2, -0.15) is 0 Å². The first-order valence-corrected chi connectivity index (χ1v) is 7.98. The molecule has 0 bridgehead atoms. The van der Waals surface area contributed by atoms with Crippen LogP contribution in [0, 0.1) is 0 Å². The molecule has 0 aromatic carbocycles. The average molecular weight is 343 g/mol. The van der Waals surface area contributed by atoms with Crippen LogP contribution in [0.3, 0.4) is 0 Å². The van der Waals surface area contributed by atoms with Crippen molar-refractivity contribution in [2.75, 3.05) is 43.5 Å². The number of anilines is 2. The maximum absolute atomic E-state index is 12.2. The Morgan fingerprint density at radius 1 is 1.28 bits per heavy atom. The van der Waals surface area contributed by atoms with Crippen molar-refractivity contribution in [2.45, 2.75) is 12.0 Å². The van der Waals surface area contributed by atoms with Crippen molar-refractivity contribution in [1.82, 2.24) is 25.3 Å². The summed E-state index contributed by atoms with van der Waals surface area (Å²) in [4.78, 5) is 32.4. The van der Waals surface area contributed by atoms with Gasteiger partial charge in [-0.15, -0.1) is 0 Å². The monoisotopic (exact) mass is 343 g/mol. The molecule has 0 aliphatic carbocycles. The third-order valence-electron chi connectivity index (χ3n) is 4.08. The summed E-state index contributed by atoms with van der Waals surface area (Å²) < 4.78 is 0. The van der Waals surface area contributed by atoms with E-state index in [1.54, 1.807) is 23.5 Å². The van der Waals surface area contributed by atoms with Crippen LogP contribution in [0.2, 0.25) is 0 Å². The van der Waals surface area contributed by atoms with Crippen molar-refractivity contribution in [2.24, 2.45) is 0 Å². The van der Waals surface area contributed by atoms with Gasteiger partial charge in [0, 0.05) is 58.5 Å². The quantitative estimate of drug-likeness (QED) is 0.762. The molecule has 3 heterocycles. The molecule has 132 valence electrons. The molecule has 0 radical (unpaired) electrons. The van der Waals surface area contributed by atoms with E-state index in [4.69, 9.17) is 0 Å². The lowest BCUT2D eigenvalue weighted by molar-refractivity contribution is 0.0575. The fourth-order valence-corrected chi connectivity index (χ4v) is 2.67. The predicted molar refractivity (Wildman–Crippen MR) is 92.5 cm³/mol. The van der Waals surface area contributed by atoms with Gasteiger partial charge in [0.25, 0.3) is 5.91 Å². The van der Waals surface area contributed by atoms with Crippen LogP contribution in [-0.2, 0) is 0 Å². The lowest BCUT2D eigenvalue weighted by atomic mass is 10.0. The summed E-state index contributed by atoms with van der Waals surface area (Å²) in [5, 5.41) is 13.5. The summed E-state index contributed by atoms with van der Waals surface area (Å²) in [5.41, 5.74) is -0.643. The molecule has 2 aromatic heterocycles. The van der Waals surface area contributed by atoms with Crippen molar-refractivity contribution in [3.63, 3.8) is 0 Å². The predicted octanol–water partition coefficient (Wildman–Crippen LogP) is -0.296. The topological polar surface area (TPSA) is 107 Å². The lowest BCUT2D eigenvalue weighted by Crippen LogP contribution is -2.45. The highest BCUT2D eigenvalue weighted by Gasteiger charge is 2.37. The fourth-order valence-electron chi connectivity index (χ4n) is 2.67. The molecular formula is C16H21N7O2. The molecule has 25 heavy (non-hydrogen) atoms. The Morgan fingerprint density at radius 2 is 2.04 bits per heavy atom. The van der Waals surface area contributed by atoms with Gasteiger partial charge >= 0.3 is 0 Å². The first-order valence-electron chi connectivity index (χ1n) is 7.98. The normalized spacial score (nSPS) is 19.7. The summed E-state index contributed by atoms with van der Waals surface area (Å²) >= 11 is 0. The molecule has 1 aliphatic heterocycles. The van der Waals surface area contributed by atoms with Crippen LogP contribution in [0.5, 0.6) is 0 Å².